The number of rotatable bonds is 4. The van der Waals surface area contributed by atoms with Crippen molar-refractivity contribution >= 4 is 34.6 Å². The van der Waals surface area contributed by atoms with Crippen LogP contribution in [0.3, 0.4) is 0 Å². The van der Waals surface area contributed by atoms with Crippen molar-refractivity contribution < 1.29 is 9.59 Å². The van der Waals surface area contributed by atoms with Crippen LogP contribution in [0.15, 0.2) is 42.0 Å². The maximum absolute atomic E-state index is 13.2. The van der Waals surface area contributed by atoms with Gasteiger partial charge in [-0.1, -0.05) is 26.0 Å². The van der Waals surface area contributed by atoms with Crippen molar-refractivity contribution in [2.24, 2.45) is 11.8 Å². The number of carbonyl (C=O) groups excluding carboxylic acids is 2. The molecule has 0 spiro atoms. The Morgan fingerprint density at radius 3 is 2.60 bits per heavy atom. The summed E-state index contributed by atoms with van der Waals surface area (Å²) in [7, 11) is 0. The number of nitrogens with zero attached hydrogens (tertiary/aromatic N) is 3. The van der Waals surface area contributed by atoms with Gasteiger partial charge in [0.25, 0.3) is 5.91 Å². The summed E-state index contributed by atoms with van der Waals surface area (Å²) >= 11 is 1.44. The third-order valence-electron chi connectivity index (χ3n) is 5.10. The molecule has 3 amide bonds. The second kappa shape index (κ2) is 8.66. The summed E-state index contributed by atoms with van der Waals surface area (Å²) in [5, 5.41) is 15.0. The van der Waals surface area contributed by atoms with E-state index in [4.69, 9.17) is 0 Å². The highest BCUT2D eigenvalue weighted by Crippen LogP contribution is 2.28. The minimum absolute atomic E-state index is 0.0592. The third-order valence-corrected chi connectivity index (χ3v) is 5.89. The zero-order chi connectivity index (χ0) is 21.1. The number of aromatic amines is 1. The van der Waals surface area contributed by atoms with Crippen molar-refractivity contribution in [1.29, 1.82) is 0 Å². The van der Waals surface area contributed by atoms with Gasteiger partial charge in [-0.15, -0.1) is 11.3 Å². The lowest BCUT2D eigenvalue weighted by Crippen LogP contribution is -2.42. The molecule has 2 atom stereocenters. The zero-order valence-corrected chi connectivity index (χ0v) is 17.7. The Balaban J connectivity index is 1.49. The zero-order valence-electron chi connectivity index (χ0n) is 16.9. The number of para-hydroxylation sites is 1. The highest BCUT2D eigenvalue weighted by molar-refractivity contribution is 7.13. The summed E-state index contributed by atoms with van der Waals surface area (Å²) < 4.78 is 0. The molecule has 4 rings (SSSR count). The number of amides is 3. The molecule has 3 N–H and O–H groups in total. The van der Waals surface area contributed by atoms with Gasteiger partial charge in [0.2, 0.25) is 0 Å². The number of likely N-dealkylation sites (tertiary alicyclic amines) is 1. The lowest BCUT2D eigenvalue weighted by molar-refractivity contribution is 0.0624. The Hall–Kier alpha value is -3.20. The second-order valence-corrected chi connectivity index (χ2v) is 8.67. The average Bonchev–Trinajstić information content (AvgIpc) is 3.38. The molecule has 0 saturated carbocycles. The van der Waals surface area contributed by atoms with Crippen LogP contribution < -0.4 is 10.6 Å². The van der Waals surface area contributed by atoms with Crippen LogP contribution in [0.1, 0.15) is 30.6 Å². The fourth-order valence-electron chi connectivity index (χ4n) is 3.94. The molecule has 0 bridgehead atoms. The number of hydrogen-bond acceptors (Lipinski definition) is 5. The van der Waals surface area contributed by atoms with E-state index in [0.29, 0.717) is 34.5 Å². The Morgan fingerprint density at radius 1 is 1.13 bits per heavy atom. The van der Waals surface area contributed by atoms with Crippen molar-refractivity contribution in [3.05, 3.63) is 47.6 Å². The molecule has 1 saturated heterocycles. The van der Waals surface area contributed by atoms with Gasteiger partial charge in [0.15, 0.2) is 0 Å². The van der Waals surface area contributed by atoms with Gasteiger partial charge in [0.1, 0.15) is 10.7 Å². The Bertz CT molecular complexity index is 1020. The highest BCUT2D eigenvalue weighted by atomic mass is 32.1. The van der Waals surface area contributed by atoms with E-state index in [2.05, 4.69) is 39.7 Å². The number of H-pyrrole nitrogens is 1. The second-order valence-electron chi connectivity index (χ2n) is 7.78. The first-order chi connectivity index (χ1) is 14.5. The average molecular weight is 425 g/mol. The van der Waals surface area contributed by atoms with Crippen LogP contribution in [0.25, 0.3) is 10.7 Å². The summed E-state index contributed by atoms with van der Waals surface area (Å²) in [5.41, 5.74) is 2.12. The van der Waals surface area contributed by atoms with E-state index < -0.39 is 6.03 Å². The van der Waals surface area contributed by atoms with Gasteiger partial charge in [-0.2, -0.15) is 5.10 Å². The topological polar surface area (TPSA) is 103 Å². The van der Waals surface area contributed by atoms with Gasteiger partial charge in [-0.05, 0) is 30.4 Å². The molecule has 2 unspecified atom stereocenters. The Morgan fingerprint density at radius 2 is 1.87 bits per heavy atom. The lowest BCUT2D eigenvalue weighted by Gasteiger charge is -2.35. The standard InChI is InChI=1S/C21H24N6O2S/c1-13-9-14(2)12-27(11-13)20(28)15-5-3-4-6-16(15)24-21(29)25-17-10-23-26-18(17)19-22-7-8-30-19/h3-8,10,13-14H,9,11-12H2,1-2H3,(H,23,26)(H2,24,25,29). The molecule has 2 aromatic heterocycles. The molecule has 8 nitrogen and oxygen atoms in total. The fourth-order valence-corrected chi connectivity index (χ4v) is 4.59. The third kappa shape index (κ3) is 4.35. The number of benzene rings is 1. The van der Waals surface area contributed by atoms with Crippen LogP contribution in [0.4, 0.5) is 16.2 Å². The molecule has 1 aromatic carbocycles. The van der Waals surface area contributed by atoms with Gasteiger partial charge >= 0.3 is 6.03 Å². The summed E-state index contributed by atoms with van der Waals surface area (Å²) in [4.78, 5) is 31.9. The van der Waals surface area contributed by atoms with Crippen molar-refractivity contribution in [2.45, 2.75) is 20.3 Å². The van der Waals surface area contributed by atoms with Gasteiger partial charge in [0, 0.05) is 24.7 Å². The van der Waals surface area contributed by atoms with E-state index in [-0.39, 0.29) is 5.91 Å². The van der Waals surface area contributed by atoms with E-state index in [1.165, 1.54) is 17.5 Å². The van der Waals surface area contributed by atoms with Crippen LogP contribution in [0.2, 0.25) is 0 Å². The van der Waals surface area contributed by atoms with Crippen molar-refractivity contribution in [3.8, 4) is 10.7 Å². The number of nitrogens with one attached hydrogen (secondary N) is 3. The number of aromatic nitrogens is 3. The number of thiazole rings is 1. The molecule has 0 radical (unpaired) electrons. The Labute approximate surface area is 178 Å². The summed E-state index contributed by atoms with van der Waals surface area (Å²) in [6.45, 7) is 5.79. The van der Waals surface area contributed by atoms with Crippen molar-refractivity contribution in [3.63, 3.8) is 0 Å². The summed E-state index contributed by atoms with van der Waals surface area (Å²) in [6.07, 6.45) is 4.34. The molecule has 1 aliphatic rings. The van der Waals surface area contributed by atoms with E-state index in [0.717, 1.165) is 24.5 Å². The minimum Gasteiger partial charge on any atom is -0.338 e. The Kier molecular flexibility index (Phi) is 5.80. The molecular weight excluding hydrogens is 400 g/mol. The van der Waals surface area contributed by atoms with Gasteiger partial charge < -0.3 is 15.5 Å². The smallest absolute Gasteiger partial charge is 0.323 e. The van der Waals surface area contributed by atoms with Crippen molar-refractivity contribution in [1.82, 2.24) is 20.1 Å². The summed E-state index contributed by atoms with van der Waals surface area (Å²) in [6, 6.07) is 6.65. The van der Waals surface area contributed by atoms with Crippen LogP contribution in [-0.4, -0.2) is 45.1 Å². The van der Waals surface area contributed by atoms with E-state index >= 15 is 0 Å². The van der Waals surface area contributed by atoms with Crippen LogP contribution in [0, 0.1) is 11.8 Å². The van der Waals surface area contributed by atoms with Gasteiger partial charge in [0.05, 0.1) is 23.1 Å². The molecule has 30 heavy (non-hydrogen) atoms. The molecule has 0 aliphatic carbocycles. The van der Waals surface area contributed by atoms with Crippen molar-refractivity contribution in [2.75, 3.05) is 23.7 Å². The fraction of sp³-hybridized carbons (Fsp3) is 0.333. The molecule has 3 aromatic rings. The van der Waals surface area contributed by atoms with Crippen LogP contribution >= 0.6 is 11.3 Å². The first kappa shape index (κ1) is 20.1. The van der Waals surface area contributed by atoms with Gasteiger partial charge in [-0.3, -0.25) is 9.89 Å². The highest BCUT2D eigenvalue weighted by Gasteiger charge is 2.27. The van der Waals surface area contributed by atoms with Crippen LogP contribution in [0.5, 0.6) is 0 Å². The predicted molar refractivity (Wildman–Crippen MR) is 118 cm³/mol. The first-order valence-corrected chi connectivity index (χ1v) is 10.8. The monoisotopic (exact) mass is 424 g/mol. The predicted octanol–water partition coefficient (Wildman–Crippen LogP) is 4.30. The number of anilines is 2. The van der Waals surface area contributed by atoms with Crippen LogP contribution in [-0.2, 0) is 0 Å². The number of carbonyl (C=O) groups is 2. The molecule has 3 heterocycles. The summed E-state index contributed by atoms with van der Waals surface area (Å²) in [5.74, 6) is 0.870. The van der Waals surface area contributed by atoms with E-state index in [1.54, 1.807) is 24.4 Å². The lowest BCUT2D eigenvalue weighted by atomic mass is 9.91. The molecule has 9 heteroatoms. The SMILES string of the molecule is CC1CC(C)CN(C(=O)c2ccccc2NC(=O)Nc2cn[nH]c2-c2nccs2)C1. The molecule has 1 fully saturated rings. The molecular formula is C21H24N6O2S. The number of urea groups is 1. The molecule has 156 valence electrons. The van der Waals surface area contributed by atoms with E-state index in [9.17, 15) is 9.59 Å². The maximum Gasteiger partial charge on any atom is 0.323 e. The first-order valence-electron chi connectivity index (χ1n) is 9.90. The normalized spacial score (nSPS) is 18.8. The van der Waals surface area contributed by atoms with Gasteiger partial charge in [-0.25, -0.2) is 9.78 Å². The largest absolute Gasteiger partial charge is 0.338 e. The van der Waals surface area contributed by atoms with E-state index in [1.807, 2.05) is 16.3 Å². The number of piperidine rings is 1. The quantitative estimate of drug-likeness (QED) is 0.581. The minimum atomic E-state index is -0.449. The number of hydrogen-bond donors (Lipinski definition) is 3. The molecule has 1 aliphatic heterocycles. The maximum atomic E-state index is 13.2.